The van der Waals surface area contributed by atoms with E-state index in [4.69, 9.17) is 23.2 Å². The first-order chi connectivity index (χ1) is 9.52. The maximum Gasteiger partial charge on any atom is 0.251 e. The van der Waals surface area contributed by atoms with Crippen molar-refractivity contribution in [3.63, 3.8) is 0 Å². The van der Waals surface area contributed by atoms with Gasteiger partial charge in [-0.1, -0.05) is 35.4 Å². The molecule has 1 N–H and O–H groups in total. The van der Waals surface area contributed by atoms with E-state index >= 15 is 0 Å². The van der Waals surface area contributed by atoms with Gasteiger partial charge < -0.3 is 5.32 Å². The van der Waals surface area contributed by atoms with Crippen molar-refractivity contribution >= 4 is 40.7 Å². The highest BCUT2D eigenvalue weighted by Gasteiger charge is 2.39. The van der Waals surface area contributed by atoms with Crippen LogP contribution in [0.1, 0.15) is 13.3 Å². The molecule has 0 spiro atoms. The molecule has 2 rings (SSSR count). The lowest BCUT2D eigenvalue weighted by Crippen LogP contribution is -2.38. The minimum atomic E-state index is -0.503. The summed E-state index contributed by atoms with van der Waals surface area (Å²) in [7, 11) is 0. The first-order valence-electron chi connectivity index (χ1n) is 6.20. The van der Waals surface area contributed by atoms with Crippen LogP contribution in [-0.2, 0) is 9.59 Å². The van der Waals surface area contributed by atoms with E-state index in [1.54, 1.807) is 18.2 Å². The van der Waals surface area contributed by atoms with Gasteiger partial charge in [0, 0.05) is 16.6 Å². The lowest BCUT2D eigenvalue weighted by atomic mass is 10.2. The third kappa shape index (κ3) is 3.20. The molecule has 1 aliphatic heterocycles. The average Bonchev–Trinajstić information content (AvgIpc) is 2.63. The molecular formula is C14H14Cl2N2O2. The SMILES string of the molecule is CC=CCNC1CC(=O)N(c2cc(Cl)cc(Cl)c2)C1=O. The molecule has 20 heavy (non-hydrogen) atoms. The van der Waals surface area contributed by atoms with Gasteiger partial charge in [-0.05, 0) is 25.1 Å². The average molecular weight is 313 g/mol. The monoisotopic (exact) mass is 312 g/mol. The van der Waals surface area contributed by atoms with Crippen LogP contribution in [0.5, 0.6) is 0 Å². The highest BCUT2D eigenvalue weighted by molar-refractivity contribution is 6.35. The number of nitrogens with zero attached hydrogens (tertiary/aromatic N) is 1. The van der Waals surface area contributed by atoms with E-state index in [-0.39, 0.29) is 18.2 Å². The van der Waals surface area contributed by atoms with E-state index in [1.807, 2.05) is 19.1 Å². The molecule has 1 fully saturated rings. The number of imide groups is 1. The van der Waals surface area contributed by atoms with Crippen LogP contribution in [-0.4, -0.2) is 24.4 Å². The van der Waals surface area contributed by atoms with Gasteiger partial charge in [-0.2, -0.15) is 0 Å². The van der Waals surface area contributed by atoms with Crippen LogP contribution in [0, 0.1) is 0 Å². The predicted octanol–water partition coefficient (Wildman–Crippen LogP) is 2.79. The molecule has 6 heteroatoms. The van der Waals surface area contributed by atoms with Crippen molar-refractivity contribution in [2.75, 3.05) is 11.4 Å². The minimum Gasteiger partial charge on any atom is -0.302 e. The Labute approximate surface area is 127 Å². The molecular weight excluding hydrogens is 299 g/mol. The van der Waals surface area contributed by atoms with Crippen LogP contribution in [0.15, 0.2) is 30.4 Å². The van der Waals surface area contributed by atoms with Gasteiger partial charge in [0.15, 0.2) is 0 Å². The summed E-state index contributed by atoms with van der Waals surface area (Å²) in [5, 5.41) is 3.80. The molecule has 106 valence electrons. The van der Waals surface area contributed by atoms with E-state index in [0.717, 1.165) is 4.90 Å². The predicted molar refractivity (Wildman–Crippen MR) is 80.2 cm³/mol. The summed E-state index contributed by atoms with van der Waals surface area (Å²) in [5.41, 5.74) is 0.410. The first kappa shape index (κ1) is 15.0. The van der Waals surface area contributed by atoms with Crippen LogP contribution in [0.4, 0.5) is 5.69 Å². The third-order valence-electron chi connectivity index (χ3n) is 2.97. The van der Waals surface area contributed by atoms with Crippen molar-refractivity contribution in [3.05, 3.63) is 40.4 Å². The van der Waals surface area contributed by atoms with Gasteiger partial charge in [0.2, 0.25) is 5.91 Å². The second-order valence-electron chi connectivity index (χ2n) is 4.43. The largest absolute Gasteiger partial charge is 0.302 e. The summed E-state index contributed by atoms with van der Waals surface area (Å²) in [6.45, 7) is 2.44. The van der Waals surface area contributed by atoms with Crippen molar-refractivity contribution in [2.24, 2.45) is 0 Å². The summed E-state index contributed by atoms with van der Waals surface area (Å²) in [4.78, 5) is 25.4. The number of hydrogen-bond donors (Lipinski definition) is 1. The summed E-state index contributed by atoms with van der Waals surface area (Å²) in [6, 6.07) is 4.16. The van der Waals surface area contributed by atoms with Crippen LogP contribution in [0.2, 0.25) is 10.0 Å². The van der Waals surface area contributed by atoms with Gasteiger partial charge in [-0.3, -0.25) is 9.59 Å². The topological polar surface area (TPSA) is 49.4 Å². The Morgan fingerprint density at radius 1 is 1.30 bits per heavy atom. The Balaban J connectivity index is 2.20. The number of anilines is 1. The summed E-state index contributed by atoms with van der Waals surface area (Å²) >= 11 is 11.8. The Morgan fingerprint density at radius 3 is 2.55 bits per heavy atom. The van der Waals surface area contributed by atoms with Crippen molar-refractivity contribution in [3.8, 4) is 0 Å². The molecule has 4 nitrogen and oxygen atoms in total. The van der Waals surface area contributed by atoms with Crippen LogP contribution >= 0.6 is 23.2 Å². The number of carbonyl (C=O) groups is 2. The zero-order valence-corrected chi connectivity index (χ0v) is 12.4. The molecule has 1 unspecified atom stereocenters. The number of allylic oxidation sites excluding steroid dienone is 1. The van der Waals surface area contributed by atoms with Crippen molar-refractivity contribution in [2.45, 2.75) is 19.4 Å². The third-order valence-corrected chi connectivity index (χ3v) is 3.41. The number of benzene rings is 1. The summed E-state index contributed by atoms with van der Waals surface area (Å²) in [5.74, 6) is -0.538. The Bertz CT molecular complexity index is 552. The standard InChI is InChI=1S/C14H14Cl2N2O2/c1-2-3-4-17-12-8-13(19)18(14(12)20)11-6-9(15)5-10(16)7-11/h2-3,5-7,12,17H,4,8H2,1H3. The molecule has 2 amide bonds. The molecule has 1 heterocycles. The van der Waals surface area contributed by atoms with Crippen molar-refractivity contribution in [1.29, 1.82) is 0 Å². The normalized spacial score (nSPS) is 19.4. The molecule has 1 aromatic carbocycles. The number of carbonyl (C=O) groups excluding carboxylic acids is 2. The molecule has 1 aromatic rings. The fourth-order valence-corrected chi connectivity index (χ4v) is 2.57. The summed E-state index contributed by atoms with van der Waals surface area (Å²) < 4.78 is 0. The first-order valence-corrected chi connectivity index (χ1v) is 6.96. The second kappa shape index (κ2) is 6.39. The molecule has 1 atom stereocenters. The fourth-order valence-electron chi connectivity index (χ4n) is 2.06. The number of rotatable bonds is 4. The van der Waals surface area contributed by atoms with Gasteiger partial charge in [-0.15, -0.1) is 0 Å². The number of hydrogen-bond acceptors (Lipinski definition) is 3. The van der Waals surface area contributed by atoms with Gasteiger partial charge in [-0.25, -0.2) is 4.90 Å². The lowest BCUT2D eigenvalue weighted by molar-refractivity contribution is -0.121. The molecule has 0 bridgehead atoms. The highest BCUT2D eigenvalue weighted by Crippen LogP contribution is 2.29. The van der Waals surface area contributed by atoms with E-state index in [1.165, 1.54) is 0 Å². The Morgan fingerprint density at radius 2 is 1.95 bits per heavy atom. The van der Waals surface area contributed by atoms with Gasteiger partial charge in [0.1, 0.15) is 0 Å². The number of amides is 2. The van der Waals surface area contributed by atoms with Crippen LogP contribution in [0.3, 0.4) is 0 Å². The zero-order chi connectivity index (χ0) is 14.7. The van der Waals surface area contributed by atoms with E-state index < -0.39 is 6.04 Å². The highest BCUT2D eigenvalue weighted by atomic mass is 35.5. The maximum atomic E-state index is 12.3. The van der Waals surface area contributed by atoms with E-state index in [0.29, 0.717) is 22.3 Å². The molecule has 0 radical (unpaired) electrons. The van der Waals surface area contributed by atoms with Crippen molar-refractivity contribution in [1.82, 2.24) is 5.32 Å². The van der Waals surface area contributed by atoms with Crippen LogP contribution < -0.4 is 10.2 Å². The number of nitrogens with one attached hydrogen (secondary N) is 1. The van der Waals surface area contributed by atoms with Crippen LogP contribution in [0.25, 0.3) is 0 Å². The zero-order valence-electron chi connectivity index (χ0n) is 10.9. The van der Waals surface area contributed by atoms with Crippen molar-refractivity contribution < 1.29 is 9.59 Å². The maximum absolute atomic E-state index is 12.3. The molecule has 0 aliphatic carbocycles. The minimum absolute atomic E-state index is 0.139. The lowest BCUT2D eigenvalue weighted by Gasteiger charge is -2.16. The quantitative estimate of drug-likeness (QED) is 0.687. The Kier molecular flexibility index (Phi) is 4.81. The molecule has 0 aromatic heterocycles. The second-order valence-corrected chi connectivity index (χ2v) is 5.30. The van der Waals surface area contributed by atoms with E-state index in [9.17, 15) is 9.59 Å². The van der Waals surface area contributed by atoms with Gasteiger partial charge in [0.05, 0.1) is 18.2 Å². The molecule has 1 aliphatic rings. The molecule has 1 saturated heterocycles. The summed E-state index contributed by atoms with van der Waals surface area (Å²) in [6.07, 6.45) is 3.90. The molecule has 0 saturated carbocycles. The van der Waals surface area contributed by atoms with Gasteiger partial charge >= 0.3 is 0 Å². The Hall–Kier alpha value is -1.36. The fraction of sp³-hybridized carbons (Fsp3) is 0.286. The smallest absolute Gasteiger partial charge is 0.251 e. The van der Waals surface area contributed by atoms with Gasteiger partial charge in [0.25, 0.3) is 5.91 Å². The van der Waals surface area contributed by atoms with E-state index in [2.05, 4.69) is 5.32 Å². The number of halogens is 2.